The van der Waals surface area contributed by atoms with Crippen LogP contribution in [0.2, 0.25) is 0 Å². The van der Waals surface area contributed by atoms with Crippen molar-refractivity contribution in [1.82, 2.24) is 0 Å². The summed E-state index contributed by atoms with van der Waals surface area (Å²) >= 11 is 0. The molecule has 0 amide bonds. The van der Waals surface area contributed by atoms with Crippen molar-refractivity contribution >= 4 is 5.69 Å². The van der Waals surface area contributed by atoms with E-state index >= 15 is 0 Å². The number of nitrogens with two attached hydrogens (primary N) is 1. The first-order chi connectivity index (χ1) is 8.47. The third-order valence-electron chi connectivity index (χ3n) is 2.83. The Hall–Kier alpha value is -1.06. The van der Waals surface area contributed by atoms with Crippen LogP contribution in [0.3, 0.4) is 0 Å². The number of aryl methyl sites for hydroxylation is 1. The van der Waals surface area contributed by atoms with Crippen molar-refractivity contribution in [2.45, 2.75) is 39.7 Å². The lowest BCUT2D eigenvalue weighted by molar-refractivity contribution is 0.295. The quantitative estimate of drug-likeness (QED) is 0.866. The van der Waals surface area contributed by atoms with Crippen molar-refractivity contribution in [2.75, 3.05) is 25.6 Å². The van der Waals surface area contributed by atoms with E-state index in [2.05, 4.69) is 36.9 Å². The van der Waals surface area contributed by atoms with Gasteiger partial charge >= 0.3 is 0 Å². The van der Waals surface area contributed by atoms with Gasteiger partial charge in [-0.3, -0.25) is 0 Å². The van der Waals surface area contributed by atoms with Gasteiger partial charge in [0, 0.05) is 32.4 Å². The molecule has 1 atom stereocenters. The number of rotatable bonds is 4. The minimum atomic E-state index is 0.172. The molecule has 3 nitrogen and oxygen atoms in total. The second-order valence-corrected chi connectivity index (χ2v) is 4.67. The predicted octanol–water partition coefficient (Wildman–Crippen LogP) is 2.86. The Bertz CT molecular complexity index is 335. The highest BCUT2D eigenvalue weighted by molar-refractivity contribution is 5.50. The molecule has 1 aromatic rings. The third-order valence-corrected chi connectivity index (χ3v) is 2.83. The van der Waals surface area contributed by atoms with Gasteiger partial charge in [-0.2, -0.15) is 0 Å². The third kappa shape index (κ3) is 5.52. The van der Waals surface area contributed by atoms with Gasteiger partial charge in [0.2, 0.25) is 0 Å². The molecule has 0 spiro atoms. The lowest BCUT2D eigenvalue weighted by Crippen LogP contribution is -2.12. The first-order valence-corrected chi connectivity index (χ1v) is 6.62. The van der Waals surface area contributed by atoms with Crippen molar-refractivity contribution in [1.29, 1.82) is 0 Å². The van der Waals surface area contributed by atoms with Gasteiger partial charge in [-0.25, -0.2) is 0 Å². The van der Waals surface area contributed by atoms with E-state index in [0.29, 0.717) is 6.61 Å². The zero-order valence-electron chi connectivity index (χ0n) is 12.4. The van der Waals surface area contributed by atoms with Crippen LogP contribution < -0.4 is 10.6 Å². The van der Waals surface area contributed by atoms with Crippen LogP contribution in [0.4, 0.5) is 5.69 Å². The fourth-order valence-corrected chi connectivity index (χ4v) is 1.57. The second-order valence-electron chi connectivity index (χ2n) is 4.67. The summed E-state index contributed by atoms with van der Waals surface area (Å²) in [6.07, 6.45) is 1.86. The summed E-state index contributed by atoms with van der Waals surface area (Å²) < 4.78 is 0. The predicted molar refractivity (Wildman–Crippen MR) is 80.1 cm³/mol. The van der Waals surface area contributed by atoms with Gasteiger partial charge in [-0.15, -0.1) is 0 Å². The number of benzene rings is 1. The van der Waals surface area contributed by atoms with Crippen molar-refractivity contribution in [3.05, 3.63) is 29.3 Å². The van der Waals surface area contributed by atoms with E-state index in [1.807, 2.05) is 21.0 Å². The average molecular weight is 252 g/mol. The van der Waals surface area contributed by atoms with Crippen molar-refractivity contribution in [2.24, 2.45) is 5.73 Å². The molecule has 0 aliphatic carbocycles. The summed E-state index contributed by atoms with van der Waals surface area (Å²) in [5, 5.41) is 7.88. The number of anilines is 1. The number of aliphatic hydroxyl groups excluding tert-OH is 1. The van der Waals surface area contributed by atoms with Gasteiger partial charge < -0.3 is 15.7 Å². The van der Waals surface area contributed by atoms with E-state index in [9.17, 15) is 0 Å². The summed E-state index contributed by atoms with van der Waals surface area (Å²) in [6.45, 7) is 6.49. The van der Waals surface area contributed by atoms with Gasteiger partial charge in [0.05, 0.1) is 0 Å². The Morgan fingerprint density at radius 1 is 1.28 bits per heavy atom. The van der Waals surface area contributed by atoms with Crippen LogP contribution >= 0.6 is 0 Å². The summed E-state index contributed by atoms with van der Waals surface area (Å²) in [6, 6.07) is 6.62. The Morgan fingerprint density at radius 2 is 1.83 bits per heavy atom. The molecule has 0 aliphatic rings. The summed E-state index contributed by atoms with van der Waals surface area (Å²) in [7, 11) is 4.10. The average Bonchev–Trinajstić information content (AvgIpc) is 2.37. The zero-order valence-corrected chi connectivity index (χ0v) is 12.4. The number of aliphatic hydroxyl groups is 1. The minimum absolute atomic E-state index is 0.172. The van der Waals surface area contributed by atoms with Gasteiger partial charge in [0.25, 0.3) is 0 Å². The largest absolute Gasteiger partial charge is 0.396 e. The van der Waals surface area contributed by atoms with E-state index in [-0.39, 0.29) is 6.04 Å². The molecule has 3 N–H and O–H groups in total. The van der Waals surface area contributed by atoms with E-state index in [4.69, 9.17) is 10.8 Å². The molecule has 0 saturated heterocycles. The van der Waals surface area contributed by atoms with E-state index in [0.717, 1.165) is 12.8 Å². The van der Waals surface area contributed by atoms with Crippen LogP contribution in [0, 0.1) is 6.92 Å². The summed E-state index contributed by atoms with van der Waals surface area (Å²) in [4.78, 5) is 2.11. The zero-order chi connectivity index (χ0) is 14.1. The molecular weight excluding hydrogens is 224 g/mol. The van der Waals surface area contributed by atoms with E-state index in [1.54, 1.807) is 0 Å². The molecule has 3 heteroatoms. The van der Waals surface area contributed by atoms with Gasteiger partial charge in [0.15, 0.2) is 0 Å². The van der Waals surface area contributed by atoms with Gasteiger partial charge in [-0.05, 0) is 43.0 Å². The molecule has 0 aromatic heterocycles. The maximum absolute atomic E-state index is 7.88. The van der Waals surface area contributed by atoms with Crippen LogP contribution in [-0.4, -0.2) is 25.8 Å². The normalized spacial score (nSPS) is 11.5. The summed E-state index contributed by atoms with van der Waals surface area (Å²) in [5.74, 6) is 0. The molecule has 1 unspecified atom stereocenters. The first kappa shape index (κ1) is 16.9. The molecule has 0 radical (unpaired) electrons. The molecule has 0 bridgehead atoms. The van der Waals surface area contributed by atoms with Crippen LogP contribution in [0.25, 0.3) is 0 Å². The maximum atomic E-state index is 7.88. The fraction of sp³-hybridized carbons (Fsp3) is 0.600. The van der Waals surface area contributed by atoms with Crippen LogP contribution in [0.15, 0.2) is 18.2 Å². The summed E-state index contributed by atoms with van der Waals surface area (Å²) in [5.41, 5.74) is 9.78. The van der Waals surface area contributed by atoms with Crippen LogP contribution in [0.1, 0.15) is 43.9 Å². The highest BCUT2D eigenvalue weighted by atomic mass is 16.2. The highest BCUT2D eigenvalue weighted by Crippen LogP contribution is 2.22. The maximum Gasteiger partial charge on any atom is 0.0428 e. The number of hydrogen-bond acceptors (Lipinski definition) is 3. The highest BCUT2D eigenvalue weighted by Gasteiger charge is 2.07. The molecule has 1 rings (SSSR count). The van der Waals surface area contributed by atoms with E-state index in [1.165, 1.54) is 16.8 Å². The van der Waals surface area contributed by atoms with Crippen molar-refractivity contribution in [3.8, 4) is 0 Å². The standard InChI is InChI=1S/C12H20N2.C3H8O/c1-5-12(13)11-7-6-10(14(3)4)8-9(11)2;1-2-3-4/h6-8,12H,5,13H2,1-4H3;4H,2-3H2,1H3. The topological polar surface area (TPSA) is 49.5 Å². The SMILES string of the molecule is CCC(N)c1ccc(N(C)C)cc1C.CCCO. The van der Waals surface area contributed by atoms with Gasteiger partial charge in [-0.1, -0.05) is 19.9 Å². The molecule has 18 heavy (non-hydrogen) atoms. The van der Waals surface area contributed by atoms with E-state index < -0.39 is 0 Å². The molecule has 1 aromatic carbocycles. The first-order valence-electron chi connectivity index (χ1n) is 6.62. The molecule has 104 valence electrons. The Morgan fingerprint density at radius 3 is 2.17 bits per heavy atom. The monoisotopic (exact) mass is 252 g/mol. The molecule has 0 fully saturated rings. The fourth-order valence-electron chi connectivity index (χ4n) is 1.57. The van der Waals surface area contributed by atoms with Crippen LogP contribution in [0.5, 0.6) is 0 Å². The molecule has 0 heterocycles. The lowest BCUT2D eigenvalue weighted by Gasteiger charge is -2.17. The lowest BCUT2D eigenvalue weighted by atomic mass is 9.99. The molecule has 0 saturated carbocycles. The second kappa shape index (κ2) is 8.95. The molecular formula is C15H28N2O. The Kier molecular flexibility index (Phi) is 8.42. The van der Waals surface area contributed by atoms with Gasteiger partial charge in [0.1, 0.15) is 0 Å². The minimum Gasteiger partial charge on any atom is -0.396 e. The Labute approximate surface area is 112 Å². The van der Waals surface area contributed by atoms with Crippen LogP contribution in [-0.2, 0) is 0 Å². The van der Waals surface area contributed by atoms with Crippen molar-refractivity contribution in [3.63, 3.8) is 0 Å². The smallest absolute Gasteiger partial charge is 0.0428 e. The number of nitrogens with zero attached hydrogens (tertiary/aromatic N) is 1. The Balaban J connectivity index is 0.000000631. The number of hydrogen-bond donors (Lipinski definition) is 2. The van der Waals surface area contributed by atoms with Crippen molar-refractivity contribution < 1.29 is 5.11 Å². The molecule has 0 aliphatic heterocycles.